The lowest BCUT2D eigenvalue weighted by Crippen LogP contribution is -2.36. The van der Waals surface area contributed by atoms with Crippen LogP contribution in [0.25, 0.3) is 0 Å². The van der Waals surface area contributed by atoms with Crippen molar-refractivity contribution >= 4 is 14.0 Å². The molecule has 0 amide bonds. The minimum absolute atomic E-state index is 0.343. The van der Waals surface area contributed by atoms with E-state index in [9.17, 15) is 9.90 Å². The summed E-state index contributed by atoms with van der Waals surface area (Å²) in [7, 11) is -1.24. The molecule has 0 atom stereocenters. The van der Waals surface area contributed by atoms with Gasteiger partial charge in [0.05, 0.1) is 5.41 Å². The summed E-state index contributed by atoms with van der Waals surface area (Å²) in [5.41, 5.74) is -0.343. The third-order valence-corrected chi connectivity index (χ3v) is 4.62. The summed E-state index contributed by atoms with van der Waals surface area (Å²) in [4.78, 5) is 11.2. The van der Waals surface area contributed by atoms with Crippen LogP contribution >= 0.6 is 0 Å². The highest BCUT2D eigenvalue weighted by molar-refractivity contribution is 6.76. The third kappa shape index (κ3) is 2.56. The molecule has 2 nitrogen and oxygen atoms in total. The first kappa shape index (κ1) is 10.8. The number of rotatable bonds is 3. The average molecular weight is 200 g/mol. The molecule has 0 aromatic carbocycles. The first-order valence-corrected chi connectivity index (χ1v) is 8.80. The molecule has 1 N–H and O–H groups in total. The molecule has 0 saturated heterocycles. The number of carbonyl (C=O) groups is 1. The Kier molecular flexibility index (Phi) is 2.85. The Bertz CT molecular complexity index is 199. The molecule has 0 aromatic heterocycles. The average Bonchev–Trinajstić information content (AvgIpc) is 2.33. The molecule has 13 heavy (non-hydrogen) atoms. The molecule has 1 saturated carbocycles. The predicted molar refractivity (Wildman–Crippen MR) is 56.7 cm³/mol. The van der Waals surface area contributed by atoms with Crippen molar-refractivity contribution in [3.8, 4) is 0 Å². The van der Waals surface area contributed by atoms with Gasteiger partial charge in [-0.2, -0.15) is 0 Å². The molecule has 0 aromatic rings. The Morgan fingerprint density at radius 2 is 1.77 bits per heavy atom. The number of aliphatic carboxylic acids is 1. The summed E-state index contributed by atoms with van der Waals surface area (Å²) >= 11 is 0. The minimum Gasteiger partial charge on any atom is -0.481 e. The highest BCUT2D eigenvalue weighted by Crippen LogP contribution is 2.44. The summed E-state index contributed by atoms with van der Waals surface area (Å²) in [5, 5.41) is 9.25. The molecule has 76 valence electrons. The van der Waals surface area contributed by atoms with Gasteiger partial charge in [-0.25, -0.2) is 0 Å². The summed E-state index contributed by atoms with van der Waals surface area (Å²) in [6, 6.07) is 0.954. The molecule has 3 heteroatoms. The fourth-order valence-corrected chi connectivity index (χ4v) is 5.07. The zero-order valence-corrected chi connectivity index (χ0v) is 9.89. The summed E-state index contributed by atoms with van der Waals surface area (Å²) in [6.45, 7) is 6.78. The molecule has 0 heterocycles. The molecular weight excluding hydrogens is 180 g/mol. The van der Waals surface area contributed by atoms with Gasteiger partial charge >= 0.3 is 5.97 Å². The van der Waals surface area contributed by atoms with Gasteiger partial charge < -0.3 is 5.11 Å². The van der Waals surface area contributed by atoms with Crippen molar-refractivity contribution in [1.82, 2.24) is 0 Å². The maximum absolute atomic E-state index is 11.2. The van der Waals surface area contributed by atoms with E-state index in [1.54, 1.807) is 0 Å². The lowest BCUT2D eigenvalue weighted by Gasteiger charge is -2.30. The van der Waals surface area contributed by atoms with Gasteiger partial charge in [-0.15, -0.1) is 0 Å². The van der Waals surface area contributed by atoms with Gasteiger partial charge in [-0.1, -0.05) is 32.5 Å². The van der Waals surface area contributed by atoms with Crippen LogP contribution < -0.4 is 0 Å². The molecule has 1 aliphatic carbocycles. The first-order chi connectivity index (χ1) is 5.86. The maximum atomic E-state index is 11.2. The Balaban J connectivity index is 2.74. The Morgan fingerprint density at radius 1 is 1.31 bits per heavy atom. The van der Waals surface area contributed by atoms with Gasteiger partial charge in [-0.05, 0) is 18.9 Å². The SMILES string of the molecule is C[Si](C)(C)CC1(C(=O)O)CCCC1. The fraction of sp³-hybridized carbons (Fsp3) is 0.900. The molecule has 0 unspecified atom stereocenters. The Hall–Kier alpha value is -0.313. The lowest BCUT2D eigenvalue weighted by atomic mass is 9.89. The lowest BCUT2D eigenvalue weighted by molar-refractivity contribution is -0.147. The minimum atomic E-state index is -1.24. The van der Waals surface area contributed by atoms with Crippen molar-refractivity contribution < 1.29 is 9.90 Å². The number of carboxylic acids is 1. The van der Waals surface area contributed by atoms with Gasteiger partial charge in [0.15, 0.2) is 0 Å². The second-order valence-electron chi connectivity index (χ2n) is 5.53. The first-order valence-electron chi connectivity index (χ1n) is 5.09. The van der Waals surface area contributed by atoms with E-state index >= 15 is 0 Å². The zero-order chi connectivity index (χ0) is 10.1. The van der Waals surface area contributed by atoms with Crippen molar-refractivity contribution in [3.63, 3.8) is 0 Å². The summed E-state index contributed by atoms with van der Waals surface area (Å²) in [5.74, 6) is -0.549. The van der Waals surface area contributed by atoms with E-state index in [2.05, 4.69) is 19.6 Å². The fourth-order valence-electron chi connectivity index (χ4n) is 2.53. The van der Waals surface area contributed by atoms with Crippen LogP contribution in [0.4, 0.5) is 0 Å². The van der Waals surface area contributed by atoms with E-state index < -0.39 is 14.0 Å². The summed E-state index contributed by atoms with van der Waals surface area (Å²) < 4.78 is 0. The van der Waals surface area contributed by atoms with Crippen molar-refractivity contribution in [2.75, 3.05) is 0 Å². The normalized spacial score (nSPS) is 21.8. The molecular formula is C10H20O2Si. The van der Waals surface area contributed by atoms with Crippen LogP contribution in [0.2, 0.25) is 25.7 Å². The van der Waals surface area contributed by atoms with E-state index in [-0.39, 0.29) is 5.41 Å². The van der Waals surface area contributed by atoms with Gasteiger partial charge in [0, 0.05) is 8.07 Å². The molecule has 0 spiro atoms. The standard InChI is InChI=1S/C10H20O2Si/c1-13(2,3)8-10(9(11)12)6-4-5-7-10/h4-8H2,1-3H3,(H,11,12). The van der Waals surface area contributed by atoms with Gasteiger partial charge in [0.2, 0.25) is 0 Å². The highest BCUT2D eigenvalue weighted by atomic mass is 28.3. The van der Waals surface area contributed by atoms with Crippen LogP contribution in [0.1, 0.15) is 25.7 Å². The largest absolute Gasteiger partial charge is 0.481 e. The van der Waals surface area contributed by atoms with Crippen LogP contribution in [0.15, 0.2) is 0 Å². The highest BCUT2D eigenvalue weighted by Gasteiger charge is 2.43. The smallest absolute Gasteiger partial charge is 0.309 e. The Labute approximate surface area is 81.4 Å². The topological polar surface area (TPSA) is 37.3 Å². The van der Waals surface area contributed by atoms with Crippen molar-refractivity contribution in [2.45, 2.75) is 51.4 Å². The second-order valence-corrected chi connectivity index (χ2v) is 11.0. The van der Waals surface area contributed by atoms with E-state index in [4.69, 9.17) is 0 Å². The number of carboxylic acid groups (broad SMARTS) is 1. The Morgan fingerprint density at radius 3 is 2.08 bits per heavy atom. The van der Waals surface area contributed by atoms with Crippen LogP contribution in [-0.2, 0) is 4.79 Å². The quantitative estimate of drug-likeness (QED) is 0.711. The second kappa shape index (κ2) is 3.44. The maximum Gasteiger partial charge on any atom is 0.309 e. The van der Waals surface area contributed by atoms with Gasteiger partial charge in [0.25, 0.3) is 0 Å². The van der Waals surface area contributed by atoms with Gasteiger partial charge in [0.1, 0.15) is 0 Å². The van der Waals surface area contributed by atoms with E-state index in [1.165, 1.54) is 0 Å². The molecule has 1 fully saturated rings. The number of hydrogen-bond acceptors (Lipinski definition) is 1. The third-order valence-electron chi connectivity index (χ3n) is 2.88. The number of hydrogen-bond donors (Lipinski definition) is 1. The van der Waals surface area contributed by atoms with Crippen molar-refractivity contribution in [3.05, 3.63) is 0 Å². The molecule has 1 aliphatic rings. The van der Waals surface area contributed by atoms with Crippen molar-refractivity contribution in [1.29, 1.82) is 0 Å². The monoisotopic (exact) mass is 200 g/mol. The van der Waals surface area contributed by atoms with Crippen LogP contribution in [-0.4, -0.2) is 19.1 Å². The molecule has 0 aliphatic heterocycles. The molecule has 0 radical (unpaired) electrons. The molecule has 1 rings (SSSR count). The molecule has 0 bridgehead atoms. The van der Waals surface area contributed by atoms with Gasteiger partial charge in [-0.3, -0.25) is 4.79 Å². The zero-order valence-electron chi connectivity index (χ0n) is 8.89. The van der Waals surface area contributed by atoms with E-state index in [1.807, 2.05) is 0 Å². The van der Waals surface area contributed by atoms with Crippen LogP contribution in [0.5, 0.6) is 0 Å². The van der Waals surface area contributed by atoms with Crippen LogP contribution in [0, 0.1) is 5.41 Å². The van der Waals surface area contributed by atoms with Crippen molar-refractivity contribution in [2.24, 2.45) is 5.41 Å². The van der Waals surface area contributed by atoms with Crippen LogP contribution in [0.3, 0.4) is 0 Å². The van der Waals surface area contributed by atoms with E-state index in [0.717, 1.165) is 31.7 Å². The van der Waals surface area contributed by atoms with E-state index in [0.29, 0.717) is 0 Å². The predicted octanol–water partition coefficient (Wildman–Crippen LogP) is 2.97. The summed E-state index contributed by atoms with van der Waals surface area (Å²) in [6.07, 6.45) is 4.03.